The molecular formula is C27H34FN3O4. The van der Waals surface area contributed by atoms with Gasteiger partial charge in [0.15, 0.2) is 0 Å². The number of halogens is 1. The van der Waals surface area contributed by atoms with Gasteiger partial charge in [0.2, 0.25) is 5.91 Å². The van der Waals surface area contributed by atoms with Crippen LogP contribution in [-0.2, 0) is 4.79 Å². The quantitative estimate of drug-likeness (QED) is 0.401. The minimum atomic E-state index is -0.441. The number of ether oxygens (including phenoxy) is 1. The molecule has 2 amide bonds. The monoisotopic (exact) mass is 483 g/mol. The Morgan fingerprint density at radius 1 is 1.26 bits per heavy atom. The SMILES string of the molecule is C=CC(=O)N1CCN(C[C@H](Oc2ccc(C(=O)NCCCO)cc2)c2ccc(C)c(F)c2)C[C@H]1C. The standard InChI is InChI=1S/C27H34FN3O4/c1-4-26(33)31-14-13-30(17-20(31)3)18-25(22-7-6-19(2)24(28)16-22)35-23-10-8-21(9-11-23)27(34)29-12-5-15-32/h4,6-11,16,20,25,32H,1,5,12-15,17-18H2,2-3H3,(H,29,34)/t20-,25+/m1/s1. The van der Waals surface area contributed by atoms with Gasteiger partial charge in [-0.3, -0.25) is 14.5 Å². The van der Waals surface area contributed by atoms with E-state index in [0.717, 1.165) is 5.56 Å². The van der Waals surface area contributed by atoms with Crippen molar-refractivity contribution >= 4 is 11.8 Å². The Bertz CT molecular complexity index is 1030. The Labute approximate surface area is 206 Å². The van der Waals surface area contributed by atoms with Gasteiger partial charge in [-0.1, -0.05) is 18.7 Å². The van der Waals surface area contributed by atoms with Crippen LogP contribution < -0.4 is 10.1 Å². The number of hydrogen-bond acceptors (Lipinski definition) is 5. The van der Waals surface area contributed by atoms with E-state index in [2.05, 4.69) is 16.8 Å². The van der Waals surface area contributed by atoms with Gasteiger partial charge in [-0.05, 0) is 67.8 Å². The van der Waals surface area contributed by atoms with Gasteiger partial charge in [0.1, 0.15) is 17.7 Å². The van der Waals surface area contributed by atoms with Crippen molar-refractivity contribution in [1.82, 2.24) is 15.1 Å². The average molecular weight is 484 g/mol. The van der Waals surface area contributed by atoms with Crippen LogP contribution in [0.15, 0.2) is 55.1 Å². The van der Waals surface area contributed by atoms with Crippen molar-refractivity contribution in [3.05, 3.63) is 77.6 Å². The number of benzene rings is 2. The first-order valence-electron chi connectivity index (χ1n) is 11.9. The summed E-state index contributed by atoms with van der Waals surface area (Å²) in [5.74, 6) is -0.0219. The lowest BCUT2D eigenvalue weighted by atomic mass is 10.0. The molecule has 2 aromatic rings. The van der Waals surface area contributed by atoms with Crippen LogP contribution in [0.2, 0.25) is 0 Å². The zero-order chi connectivity index (χ0) is 25.4. The summed E-state index contributed by atoms with van der Waals surface area (Å²) in [6, 6.07) is 11.9. The summed E-state index contributed by atoms with van der Waals surface area (Å²) >= 11 is 0. The summed E-state index contributed by atoms with van der Waals surface area (Å²) in [6.45, 7) is 10.2. The van der Waals surface area contributed by atoms with Crippen LogP contribution in [-0.4, -0.2) is 72.1 Å². The highest BCUT2D eigenvalue weighted by atomic mass is 19.1. The van der Waals surface area contributed by atoms with Crippen LogP contribution in [0.25, 0.3) is 0 Å². The van der Waals surface area contributed by atoms with E-state index in [1.54, 1.807) is 42.2 Å². The van der Waals surface area contributed by atoms with Crippen LogP contribution in [0, 0.1) is 12.7 Å². The molecule has 7 nitrogen and oxygen atoms in total. The van der Waals surface area contributed by atoms with E-state index in [-0.39, 0.29) is 30.3 Å². The summed E-state index contributed by atoms with van der Waals surface area (Å²) in [5, 5.41) is 11.6. The Morgan fingerprint density at radius 3 is 2.63 bits per heavy atom. The van der Waals surface area contributed by atoms with Gasteiger partial charge < -0.3 is 20.1 Å². The zero-order valence-electron chi connectivity index (χ0n) is 20.4. The molecule has 188 valence electrons. The summed E-state index contributed by atoms with van der Waals surface area (Å²) in [6.07, 6.45) is 1.39. The third-order valence-electron chi connectivity index (χ3n) is 6.18. The van der Waals surface area contributed by atoms with Gasteiger partial charge in [-0.15, -0.1) is 0 Å². The van der Waals surface area contributed by atoms with Gasteiger partial charge in [-0.25, -0.2) is 4.39 Å². The number of nitrogens with one attached hydrogen (secondary N) is 1. The fourth-order valence-corrected chi connectivity index (χ4v) is 4.13. The number of aliphatic hydroxyl groups excluding tert-OH is 1. The Morgan fingerprint density at radius 2 is 2.00 bits per heavy atom. The number of hydrogen-bond donors (Lipinski definition) is 2. The first-order chi connectivity index (χ1) is 16.8. The molecule has 8 heteroatoms. The van der Waals surface area contributed by atoms with Crippen LogP contribution in [0.3, 0.4) is 0 Å². The number of nitrogens with zero attached hydrogens (tertiary/aromatic N) is 2. The molecule has 1 aliphatic heterocycles. The number of aryl methyl sites for hydroxylation is 1. The maximum absolute atomic E-state index is 14.4. The lowest BCUT2D eigenvalue weighted by Gasteiger charge is -2.40. The molecule has 2 N–H and O–H groups in total. The number of rotatable bonds is 10. The number of piperazine rings is 1. The van der Waals surface area contributed by atoms with Gasteiger partial charge in [0.05, 0.1) is 0 Å². The normalized spacial score (nSPS) is 17.0. The van der Waals surface area contributed by atoms with Crippen molar-refractivity contribution in [3.8, 4) is 5.75 Å². The highest BCUT2D eigenvalue weighted by Crippen LogP contribution is 2.26. The lowest BCUT2D eigenvalue weighted by Crippen LogP contribution is -2.54. The molecule has 35 heavy (non-hydrogen) atoms. The molecule has 1 fully saturated rings. The van der Waals surface area contributed by atoms with E-state index in [1.807, 2.05) is 13.0 Å². The van der Waals surface area contributed by atoms with Crippen LogP contribution in [0.5, 0.6) is 5.75 Å². The Hall–Kier alpha value is -3.23. The van der Waals surface area contributed by atoms with E-state index >= 15 is 0 Å². The van der Waals surface area contributed by atoms with Crippen LogP contribution in [0.4, 0.5) is 4.39 Å². The van der Waals surface area contributed by atoms with Crippen molar-refractivity contribution in [1.29, 1.82) is 0 Å². The second kappa shape index (κ2) is 12.5. The van der Waals surface area contributed by atoms with Gasteiger partial charge >= 0.3 is 0 Å². The smallest absolute Gasteiger partial charge is 0.251 e. The van der Waals surface area contributed by atoms with Crippen molar-refractivity contribution in [2.75, 3.05) is 39.3 Å². The lowest BCUT2D eigenvalue weighted by molar-refractivity contribution is -0.130. The molecule has 0 saturated carbocycles. The molecule has 2 atom stereocenters. The van der Waals surface area contributed by atoms with E-state index in [0.29, 0.717) is 56.0 Å². The molecule has 0 unspecified atom stereocenters. The third kappa shape index (κ3) is 7.13. The Balaban J connectivity index is 1.73. The minimum absolute atomic E-state index is 0.0203. The van der Waals surface area contributed by atoms with Crippen LogP contribution >= 0.6 is 0 Å². The summed E-state index contributed by atoms with van der Waals surface area (Å²) < 4.78 is 20.7. The number of carbonyl (C=O) groups excluding carboxylic acids is 2. The summed E-state index contributed by atoms with van der Waals surface area (Å²) in [5.41, 5.74) is 1.77. The predicted molar refractivity (Wildman–Crippen MR) is 133 cm³/mol. The zero-order valence-corrected chi connectivity index (χ0v) is 20.4. The van der Waals surface area contributed by atoms with E-state index in [9.17, 15) is 14.0 Å². The topological polar surface area (TPSA) is 82.1 Å². The van der Waals surface area contributed by atoms with Crippen molar-refractivity contribution in [2.45, 2.75) is 32.4 Å². The second-order valence-electron chi connectivity index (χ2n) is 8.82. The van der Waals surface area contributed by atoms with Crippen molar-refractivity contribution in [2.24, 2.45) is 0 Å². The molecule has 0 spiro atoms. The largest absolute Gasteiger partial charge is 0.484 e. The Kier molecular flexibility index (Phi) is 9.39. The summed E-state index contributed by atoms with van der Waals surface area (Å²) in [7, 11) is 0. The van der Waals surface area contributed by atoms with Gasteiger partial charge in [0, 0.05) is 50.9 Å². The molecule has 3 rings (SSSR count). The molecule has 0 aliphatic carbocycles. The first-order valence-corrected chi connectivity index (χ1v) is 11.9. The molecule has 1 aliphatic rings. The minimum Gasteiger partial charge on any atom is -0.484 e. The fourth-order valence-electron chi connectivity index (χ4n) is 4.13. The predicted octanol–water partition coefficient (Wildman–Crippen LogP) is 3.09. The molecule has 0 aromatic heterocycles. The second-order valence-corrected chi connectivity index (χ2v) is 8.82. The molecule has 1 saturated heterocycles. The van der Waals surface area contributed by atoms with Gasteiger partial charge in [-0.2, -0.15) is 0 Å². The van der Waals surface area contributed by atoms with E-state index < -0.39 is 6.10 Å². The fraction of sp³-hybridized carbons (Fsp3) is 0.407. The highest BCUT2D eigenvalue weighted by Gasteiger charge is 2.28. The first kappa shape index (κ1) is 26.4. The molecule has 2 aromatic carbocycles. The van der Waals surface area contributed by atoms with Crippen molar-refractivity contribution in [3.63, 3.8) is 0 Å². The molecule has 0 radical (unpaired) electrons. The maximum Gasteiger partial charge on any atom is 0.251 e. The molecule has 1 heterocycles. The average Bonchev–Trinajstić information content (AvgIpc) is 2.85. The van der Waals surface area contributed by atoms with Gasteiger partial charge in [0.25, 0.3) is 5.91 Å². The van der Waals surface area contributed by atoms with Crippen LogP contribution in [0.1, 0.15) is 40.9 Å². The maximum atomic E-state index is 14.4. The van der Waals surface area contributed by atoms with E-state index in [4.69, 9.17) is 9.84 Å². The number of aliphatic hydroxyl groups is 1. The van der Waals surface area contributed by atoms with Crippen molar-refractivity contribution < 1.29 is 23.8 Å². The molecule has 0 bridgehead atoms. The summed E-state index contributed by atoms with van der Waals surface area (Å²) in [4.78, 5) is 28.3. The third-order valence-corrected chi connectivity index (χ3v) is 6.18. The molecular weight excluding hydrogens is 449 g/mol. The number of amides is 2. The van der Waals surface area contributed by atoms with E-state index in [1.165, 1.54) is 12.1 Å². The highest BCUT2D eigenvalue weighted by molar-refractivity contribution is 5.94. The number of carbonyl (C=O) groups is 2.